The zero-order valence-electron chi connectivity index (χ0n) is 23.2. The lowest BCUT2D eigenvalue weighted by Crippen LogP contribution is -2.66. The van der Waals surface area contributed by atoms with Crippen LogP contribution in [0.5, 0.6) is 0 Å². The van der Waals surface area contributed by atoms with Gasteiger partial charge in [-0.1, -0.05) is 61.2 Å². The highest BCUT2D eigenvalue weighted by molar-refractivity contribution is 6.30. The normalized spacial score (nSPS) is 25.4. The number of carbonyl (C=O) groups is 2. The van der Waals surface area contributed by atoms with Gasteiger partial charge in [-0.25, -0.2) is 4.98 Å². The Morgan fingerprint density at radius 3 is 2.39 bits per heavy atom. The van der Waals surface area contributed by atoms with Crippen molar-refractivity contribution in [3.63, 3.8) is 0 Å². The van der Waals surface area contributed by atoms with Crippen molar-refractivity contribution < 1.29 is 28.7 Å². The highest BCUT2D eigenvalue weighted by Gasteiger charge is 2.48. The molecular weight excluding hydrogens is 542 g/mol. The topological polar surface area (TPSA) is 115 Å². The molecule has 0 spiro atoms. The Balaban J connectivity index is 0.00000108. The van der Waals surface area contributed by atoms with E-state index in [1.807, 2.05) is 36.5 Å². The molecule has 218 valence electrons. The number of hydrogen-bond donors (Lipinski definition) is 2. The molecule has 1 unspecified atom stereocenters. The summed E-state index contributed by atoms with van der Waals surface area (Å²) in [6.07, 6.45) is 9.40. The highest BCUT2D eigenvalue weighted by Crippen LogP contribution is 2.44. The van der Waals surface area contributed by atoms with E-state index in [0.29, 0.717) is 22.4 Å². The number of benzene rings is 2. The summed E-state index contributed by atoms with van der Waals surface area (Å²) in [7, 11) is 0. The lowest BCUT2D eigenvalue weighted by Gasteiger charge is -2.52. The van der Waals surface area contributed by atoms with Crippen molar-refractivity contribution in [2.45, 2.75) is 63.1 Å². The first-order chi connectivity index (χ1) is 19.9. The molecule has 3 saturated heterocycles. The molecule has 41 heavy (non-hydrogen) atoms. The summed E-state index contributed by atoms with van der Waals surface area (Å²) in [5, 5.41) is 24.4. The quantitative estimate of drug-likeness (QED) is 0.322. The Morgan fingerprint density at radius 1 is 1.07 bits per heavy atom. The van der Waals surface area contributed by atoms with Crippen molar-refractivity contribution in [3.05, 3.63) is 88.6 Å². The lowest BCUT2D eigenvalue weighted by atomic mass is 9.73. The molecule has 2 aromatic carbocycles. The van der Waals surface area contributed by atoms with Crippen molar-refractivity contribution in [1.29, 1.82) is 0 Å². The minimum atomic E-state index is -1.22. The van der Waals surface area contributed by atoms with E-state index in [4.69, 9.17) is 30.9 Å². The van der Waals surface area contributed by atoms with E-state index >= 15 is 0 Å². The van der Waals surface area contributed by atoms with E-state index in [0.717, 1.165) is 80.5 Å². The maximum atomic E-state index is 12.9. The molecule has 4 fully saturated rings. The average Bonchev–Trinajstić information content (AvgIpc) is 3.47. The standard InChI is InChI=1S/C31H36ClN3O3.CH2O2/c32-26-13-11-23(12-14-26)29(36)34-28-21-35(17-15-22(28)16-18-35)20-27-19-33-30(38-27)31(37,24-7-3-1-4-8-24)25-9-5-2-6-10-25;2-1-3/h1,3-4,7-8,11-14,19,22,25,28,37H,2,5-6,9-10,15-18,20-21H2;1H,(H,2,3)/t22?,28?,31-,35?;/m0./s1. The number of carboxylic acid groups (broad SMARTS) is 1. The van der Waals surface area contributed by atoms with Gasteiger partial charge in [-0.05, 0) is 48.6 Å². The summed E-state index contributed by atoms with van der Waals surface area (Å²) in [4.78, 5) is 25.9. The van der Waals surface area contributed by atoms with Gasteiger partial charge < -0.3 is 29.2 Å². The van der Waals surface area contributed by atoms with Crippen molar-refractivity contribution in [1.82, 2.24) is 10.3 Å². The molecule has 0 radical (unpaired) electrons. The number of oxazole rings is 1. The maximum absolute atomic E-state index is 12.9. The number of amides is 1. The average molecular weight is 580 g/mol. The highest BCUT2D eigenvalue weighted by atomic mass is 35.5. The van der Waals surface area contributed by atoms with Crippen LogP contribution in [0, 0.1) is 11.8 Å². The Morgan fingerprint density at radius 2 is 1.73 bits per heavy atom. The molecule has 2 atom stereocenters. The number of nitrogens with zero attached hydrogens (tertiary/aromatic N) is 2. The van der Waals surface area contributed by atoms with Gasteiger partial charge in [-0.2, -0.15) is 0 Å². The monoisotopic (exact) mass is 579 g/mol. The fourth-order valence-electron chi connectivity index (χ4n) is 7.16. The first-order valence-electron chi connectivity index (χ1n) is 14.6. The minimum Gasteiger partial charge on any atom is -0.554 e. The number of aliphatic hydroxyl groups is 1. The molecule has 8 nitrogen and oxygen atoms in total. The largest absolute Gasteiger partial charge is 0.554 e. The molecule has 3 aromatic rings. The molecule has 1 aliphatic carbocycles. The van der Waals surface area contributed by atoms with E-state index in [1.165, 1.54) is 6.42 Å². The number of piperidine rings is 3. The summed E-state index contributed by atoms with van der Waals surface area (Å²) in [5.74, 6) is 1.79. The molecule has 1 aromatic heterocycles. The molecule has 4 heterocycles. The molecule has 4 aliphatic rings. The van der Waals surface area contributed by atoms with Gasteiger partial charge >= 0.3 is 0 Å². The fourth-order valence-corrected chi connectivity index (χ4v) is 7.29. The first kappa shape index (κ1) is 29.3. The molecular formula is C32H38ClN3O5. The Kier molecular flexibility index (Phi) is 9.12. The van der Waals surface area contributed by atoms with Crippen LogP contribution in [0.3, 0.4) is 0 Å². The van der Waals surface area contributed by atoms with Crippen LogP contribution in [0.4, 0.5) is 0 Å². The van der Waals surface area contributed by atoms with Crippen LogP contribution in [-0.4, -0.2) is 52.6 Å². The van der Waals surface area contributed by atoms with Crippen LogP contribution >= 0.6 is 11.6 Å². The van der Waals surface area contributed by atoms with Gasteiger partial charge in [-0.15, -0.1) is 0 Å². The van der Waals surface area contributed by atoms with E-state index in [9.17, 15) is 9.90 Å². The smallest absolute Gasteiger partial charge is 0.251 e. The molecule has 1 amide bonds. The molecule has 2 N–H and O–H groups in total. The van der Waals surface area contributed by atoms with Crippen LogP contribution in [0.15, 0.2) is 65.2 Å². The molecule has 7 rings (SSSR count). The van der Waals surface area contributed by atoms with E-state index < -0.39 is 12.1 Å². The number of fused-ring (bicyclic) bond motifs is 3. The minimum absolute atomic E-state index is 0.0408. The second-order valence-corrected chi connectivity index (χ2v) is 12.2. The predicted molar refractivity (Wildman–Crippen MR) is 153 cm³/mol. The number of carbonyl (C=O) groups excluding carboxylic acids is 2. The number of quaternary nitrogens is 1. The molecule has 3 aliphatic heterocycles. The first-order valence-corrected chi connectivity index (χ1v) is 14.9. The summed E-state index contributed by atoms with van der Waals surface area (Å²) in [5.41, 5.74) is 0.278. The molecule has 2 bridgehead atoms. The second-order valence-electron chi connectivity index (χ2n) is 11.7. The number of aromatic nitrogens is 1. The molecule has 1 saturated carbocycles. The Hall–Kier alpha value is -3.20. The Labute approximate surface area is 245 Å². The van der Waals surface area contributed by atoms with Crippen LogP contribution in [0.1, 0.15) is 72.5 Å². The van der Waals surface area contributed by atoms with Crippen molar-refractivity contribution in [2.75, 3.05) is 19.6 Å². The summed E-state index contributed by atoms with van der Waals surface area (Å²) >= 11 is 6.00. The van der Waals surface area contributed by atoms with E-state index in [2.05, 4.69) is 5.32 Å². The maximum Gasteiger partial charge on any atom is 0.251 e. The zero-order valence-corrected chi connectivity index (χ0v) is 24.0. The summed E-state index contributed by atoms with van der Waals surface area (Å²) in [6, 6.07) is 17.1. The lowest BCUT2D eigenvalue weighted by molar-refractivity contribution is -0.956. The second kappa shape index (κ2) is 12.8. The number of hydrogen-bond acceptors (Lipinski definition) is 6. The number of halogens is 1. The van der Waals surface area contributed by atoms with E-state index in [1.54, 1.807) is 24.3 Å². The third-order valence-corrected chi connectivity index (χ3v) is 9.56. The van der Waals surface area contributed by atoms with Crippen LogP contribution in [0.25, 0.3) is 0 Å². The predicted octanol–water partition coefficient (Wildman–Crippen LogP) is 4.05. The SMILES string of the molecule is O=C(NC1C[N+]2(Cc3cnc([C@](O)(c4ccccc4)C4CCCCC4)o3)CCC1CC2)c1ccc(Cl)cc1.O=C[O-]. The number of rotatable bonds is 7. The van der Waals surface area contributed by atoms with Gasteiger partial charge in [0.05, 0.1) is 31.9 Å². The molecule has 9 heteroatoms. The number of nitrogens with one attached hydrogen (secondary N) is 1. The fraction of sp³-hybridized carbons (Fsp3) is 0.469. The zero-order chi connectivity index (χ0) is 28.9. The van der Waals surface area contributed by atoms with Crippen molar-refractivity contribution in [3.8, 4) is 0 Å². The van der Waals surface area contributed by atoms with Gasteiger partial charge in [0.15, 0.2) is 11.4 Å². The van der Waals surface area contributed by atoms with Crippen LogP contribution < -0.4 is 10.4 Å². The van der Waals surface area contributed by atoms with Gasteiger partial charge in [0.25, 0.3) is 5.91 Å². The van der Waals surface area contributed by atoms with Crippen LogP contribution in [0.2, 0.25) is 5.02 Å². The van der Waals surface area contributed by atoms with Crippen molar-refractivity contribution in [2.24, 2.45) is 11.8 Å². The van der Waals surface area contributed by atoms with Gasteiger partial charge in [0.1, 0.15) is 6.54 Å². The summed E-state index contributed by atoms with van der Waals surface area (Å²) in [6.45, 7) is 3.24. The van der Waals surface area contributed by atoms with Crippen molar-refractivity contribution >= 4 is 24.0 Å². The van der Waals surface area contributed by atoms with Gasteiger partial charge in [0, 0.05) is 35.8 Å². The van der Waals surface area contributed by atoms with Crippen LogP contribution in [-0.2, 0) is 16.9 Å². The summed E-state index contributed by atoms with van der Waals surface area (Å²) < 4.78 is 7.30. The van der Waals surface area contributed by atoms with Gasteiger partial charge in [-0.3, -0.25) is 4.79 Å². The Bertz CT molecular complexity index is 1300. The third-order valence-electron chi connectivity index (χ3n) is 9.31. The van der Waals surface area contributed by atoms with E-state index in [-0.39, 0.29) is 17.9 Å². The van der Waals surface area contributed by atoms with Gasteiger partial charge in [0.2, 0.25) is 5.89 Å². The third kappa shape index (κ3) is 6.35.